The van der Waals surface area contributed by atoms with E-state index >= 15 is 0 Å². The Morgan fingerprint density at radius 1 is 1.11 bits per heavy atom. The van der Waals surface area contributed by atoms with Gasteiger partial charge in [-0.1, -0.05) is 37.8 Å². The van der Waals surface area contributed by atoms with Crippen LogP contribution in [0.1, 0.15) is 11.8 Å². The zero-order valence-corrected chi connectivity index (χ0v) is 22.8. The maximum Gasteiger partial charge on any atom is 0.341 e. The monoisotopic (exact) mass is 520 g/mol. The van der Waals surface area contributed by atoms with Crippen molar-refractivity contribution < 1.29 is 24.1 Å². The van der Waals surface area contributed by atoms with E-state index in [9.17, 15) is 9.90 Å². The van der Waals surface area contributed by atoms with Crippen molar-refractivity contribution in [1.82, 2.24) is 19.7 Å². The summed E-state index contributed by atoms with van der Waals surface area (Å²) in [6.07, 6.45) is 0.229. The summed E-state index contributed by atoms with van der Waals surface area (Å²) in [5, 5.41) is 15.9. The highest BCUT2D eigenvalue weighted by atomic mass is 28.3. The second-order valence-electron chi connectivity index (χ2n) is 9.86. The number of nitrogens with zero attached hydrogens (tertiary/aromatic N) is 4. The Morgan fingerprint density at radius 3 is 2.62 bits per heavy atom. The van der Waals surface area contributed by atoms with Crippen LogP contribution in [0.4, 0.5) is 0 Å². The second kappa shape index (κ2) is 11.2. The number of fused-ring (bicyclic) bond motifs is 1. The van der Waals surface area contributed by atoms with Crippen LogP contribution in [-0.2, 0) is 21.0 Å². The van der Waals surface area contributed by atoms with Gasteiger partial charge in [0, 0.05) is 37.4 Å². The minimum Gasteiger partial charge on any atom is -0.496 e. The predicted octanol–water partition coefficient (Wildman–Crippen LogP) is 4.69. The third-order valence-corrected chi connectivity index (χ3v) is 7.63. The molecule has 3 aromatic heterocycles. The van der Waals surface area contributed by atoms with Crippen LogP contribution >= 0.6 is 0 Å². The molecule has 0 aliphatic heterocycles. The Balaban J connectivity index is 1.77. The summed E-state index contributed by atoms with van der Waals surface area (Å²) in [7, 11) is 1.63. The molecule has 0 amide bonds. The third kappa shape index (κ3) is 6.04. The zero-order valence-electron chi connectivity index (χ0n) is 21.8. The van der Waals surface area contributed by atoms with Gasteiger partial charge >= 0.3 is 5.97 Å². The number of methoxy groups -OCH3 is 2. The third-order valence-electron chi connectivity index (χ3n) is 5.93. The molecule has 0 aliphatic rings. The summed E-state index contributed by atoms with van der Waals surface area (Å²) in [6.45, 7) is 7.89. The van der Waals surface area contributed by atoms with Crippen molar-refractivity contribution in [3.8, 4) is 28.3 Å². The fourth-order valence-corrected chi connectivity index (χ4v) is 4.61. The first-order valence-corrected chi connectivity index (χ1v) is 15.7. The van der Waals surface area contributed by atoms with Crippen molar-refractivity contribution in [3.63, 3.8) is 0 Å². The highest BCUT2D eigenvalue weighted by Gasteiger charge is 2.21. The largest absolute Gasteiger partial charge is 0.496 e. The van der Waals surface area contributed by atoms with E-state index in [0.29, 0.717) is 35.0 Å². The minimum atomic E-state index is -1.47. The standard InChI is InChI=1S/C27H32N4O5Si/c1-34-23-12-7-6-9-19(23)24-20-15-18(21-10-8-11-22(29-21)25(32)27(33)35-2)16-28-26(20)31(30-24)17-36-13-14-37(3,4)5/h6-12,15-16,25,32H,13-14,17H2,1-5H3. The molecule has 9 nitrogen and oxygen atoms in total. The molecule has 0 spiro atoms. The van der Waals surface area contributed by atoms with E-state index in [1.54, 1.807) is 36.2 Å². The minimum absolute atomic E-state index is 0.195. The van der Waals surface area contributed by atoms with Gasteiger partial charge in [-0.05, 0) is 36.4 Å². The highest BCUT2D eigenvalue weighted by molar-refractivity contribution is 6.76. The number of carbonyl (C=O) groups is 1. The highest BCUT2D eigenvalue weighted by Crippen LogP contribution is 2.35. The number of aromatic nitrogens is 4. The van der Waals surface area contributed by atoms with E-state index in [0.717, 1.165) is 17.0 Å². The molecule has 4 aromatic rings. The fourth-order valence-electron chi connectivity index (χ4n) is 3.86. The van der Waals surface area contributed by atoms with Gasteiger partial charge in [0.1, 0.15) is 18.2 Å². The first-order valence-electron chi connectivity index (χ1n) is 12.0. The predicted molar refractivity (Wildman–Crippen MR) is 144 cm³/mol. The molecule has 4 rings (SSSR count). The van der Waals surface area contributed by atoms with Gasteiger partial charge < -0.3 is 19.3 Å². The summed E-state index contributed by atoms with van der Waals surface area (Å²) < 4.78 is 18.0. The first-order chi connectivity index (χ1) is 17.7. The van der Waals surface area contributed by atoms with Crippen LogP contribution in [0.15, 0.2) is 54.7 Å². The van der Waals surface area contributed by atoms with Crippen molar-refractivity contribution in [2.45, 2.75) is 38.5 Å². The molecule has 0 radical (unpaired) electrons. The second-order valence-corrected chi connectivity index (χ2v) is 15.5. The number of hydrogen-bond acceptors (Lipinski definition) is 8. The Hall–Kier alpha value is -3.60. The van der Waals surface area contributed by atoms with Crippen LogP contribution in [0, 0.1) is 0 Å². The summed E-state index contributed by atoms with van der Waals surface area (Å²) in [5.41, 5.74) is 3.67. The van der Waals surface area contributed by atoms with Gasteiger partial charge in [0.2, 0.25) is 0 Å². The van der Waals surface area contributed by atoms with Crippen LogP contribution in [0.5, 0.6) is 5.75 Å². The van der Waals surface area contributed by atoms with Gasteiger partial charge in [-0.25, -0.2) is 19.4 Å². The lowest BCUT2D eigenvalue weighted by atomic mass is 10.1. The molecule has 0 bridgehead atoms. The quantitative estimate of drug-likeness (QED) is 0.182. The average molecular weight is 521 g/mol. The number of hydrogen-bond donors (Lipinski definition) is 1. The Bertz CT molecular complexity index is 1400. The lowest BCUT2D eigenvalue weighted by Crippen LogP contribution is -2.22. The van der Waals surface area contributed by atoms with Crippen molar-refractivity contribution in [1.29, 1.82) is 0 Å². The molecule has 3 heterocycles. The van der Waals surface area contributed by atoms with Gasteiger partial charge in [0.25, 0.3) is 0 Å². The smallest absolute Gasteiger partial charge is 0.341 e. The van der Waals surface area contributed by atoms with Crippen LogP contribution in [-0.4, -0.2) is 59.7 Å². The van der Waals surface area contributed by atoms with E-state index in [2.05, 4.69) is 29.4 Å². The Labute approximate surface area is 217 Å². The molecule has 1 atom stereocenters. The molecule has 194 valence electrons. The number of aliphatic hydroxyl groups excluding tert-OH is 1. The van der Waals surface area contributed by atoms with E-state index in [1.807, 2.05) is 30.3 Å². The summed E-state index contributed by atoms with van der Waals surface area (Å²) in [6, 6.07) is 15.8. The van der Waals surface area contributed by atoms with Crippen LogP contribution in [0.25, 0.3) is 33.5 Å². The molecule has 1 N–H and O–H groups in total. The van der Waals surface area contributed by atoms with Gasteiger partial charge in [-0.15, -0.1) is 0 Å². The Morgan fingerprint density at radius 2 is 1.89 bits per heavy atom. The van der Waals surface area contributed by atoms with Crippen molar-refractivity contribution in [2.75, 3.05) is 20.8 Å². The SMILES string of the molecule is COC(=O)C(O)c1cccc(-c2cnc3c(c2)c(-c2ccccc2OC)nn3COCC[Si](C)(C)C)n1. The average Bonchev–Trinajstić information content (AvgIpc) is 3.27. The van der Waals surface area contributed by atoms with Gasteiger partial charge in [0.15, 0.2) is 11.8 Å². The van der Waals surface area contributed by atoms with E-state index in [4.69, 9.17) is 19.6 Å². The number of ether oxygens (including phenoxy) is 3. The normalized spacial score (nSPS) is 12.5. The maximum absolute atomic E-state index is 11.8. The summed E-state index contributed by atoms with van der Waals surface area (Å²) >= 11 is 0. The van der Waals surface area contributed by atoms with Crippen molar-refractivity contribution in [3.05, 3.63) is 60.4 Å². The molecule has 0 saturated heterocycles. The maximum atomic E-state index is 11.8. The van der Waals surface area contributed by atoms with Gasteiger partial charge in [-0.3, -0.25) is 0 Å². The topological polar surface area (TPSA) is 109 Å². The molecule has 0 aliphatic carbocycles. The summed E-state index contributed by atoms with van der Waals surface area (Å²) in [5.74, 6) is -0.0764. The first kappa shape index (κ1) is 26.5. The summed E-state index contributed by atoms with van der Waals surface area (Å²) in [4.78, 5) is 21.0. The lowest BCUT2D eigenvalue weighted by Gasteiger charge is -2.15. The lowest BCUT2D eigenvalue weighted by molar-refractivity contribution is -0.150. The molecule has 10 heteroatoms. The number of para-hydroxylation sites is 1. The number of benzene rings is 1. The van der Waals surface area contributed by atoms with Gasteiger partial charge in [0.05, 0.1) is 25.6 Å². The van der Waals surface area contributed by atoms with E-state index in [-0.39, 0.29) is 12.4 Å². The van der Waals surface area contributed by atoms with Gasteiger partial charge in [-0.2, -0.15) is 5.10 Å². The molecule has 0 saturated carbocycles. The fraction of sp³-hybridized carbons (Fsp3) is 0.333. The molecular weight excluding hydrogens is 488 g/mol. The van der Waals surface area contributed by atoms with Crippen LogP contribution in [0.3, 0.4) is 0 Å². The Kier molecular flexibility index (Phi) is 8.01. The van der Waals surface area contributed by atoms with E-state index < -0.39 is 20.1 Å². The van der Waals surface area contributed by atoms with Crippen LogP contribution < -0.4 is 4.74 Å². The van der Waals surface area contributed by atoms with Crippen molar-refractivity contribution in [2.24, 2.45) is 0 Å². The molecule has 1 aromatic carbocycles. The molecule has 37 heavy (non-hydrogen) atoms. The number of aliphatic hydroxyl groups is 1. The number of carbonyl (C=O) groups excluding carboxylic acids is 1. The van der Waals surface area contributed by atoms with Crippen molar-refractivity contribution >= 4 is 25.1 Å². The molecular formula is C27H32N4O5Si. The number of pyridine rings is 2. The van der Waals surface area contributed by atoms with E-state index in [1.165, 1.54) is 7.11 Å². The zero-order chi connectivity index (χ0) is 26.6. The van der Waals surface area contributed by atoms with Crippen LogP contribution in [0.2, 0.25) is 25.7 Å². The molecule has 1 unspecified atom stereocenters. The molecule has 0 fully saturated rings. The number of rotatable bonds is 10. The number of esters is 1.